The summed E-state index contributed by atoms with van der Waals surface area (Å²) in [5.74, 6) is -0.425. The molecule has 0 radical (unpaired) electrons. The molecule has 5 rings (SSSR count). The van der Waals surface area contributed by atoms with E-state index in [0.29, 0.717) is 12.0 Å². The Bertz CT molecular complexity index is 1190. The van der Waals surface area contributed by atoms with Crippen molar-refractivity contribution in [2.75, 3.05) is 59.0 Å². The first-order valence-corrected chi connectivity index (χ1v) is 16.5. The van der Waals surface area contributed by atoms with Crippen LogP contribution in [0.5, 0.6) is 0 Å². The molecule has 1 aromatic heterocycles. The van der Waals surface area contributed by atoms with E-state index in [4.69, 9.17) is 19.3 Å². The predicted octanol–water partition coefficient (Wildman–Crippen LogP) is 1.57. The molecule has 5 heterocycles. The maximum absolute atomic E-state index is 12.8. The molecule has 4 aliphatic heterocycles. The molecule has 0 aliphatic carbocycles. The molecule has 232 valence electrons. The van der Waals surface area contributed by atoms with Crippen molar-refractivity contribution in [3.05, 3.63) is 32.6 Å². The Morgan fingerprint density at radius 3 is 2.24 bits per heavy atom. The first kappa shape index (κ1) is 32.1. The molecule has 4 aliphatic rings. The number of phosphoric acid groups is 1. The number of aromatic amines is 1. The van der Waals surface area contributed by atoms with Crippen LogP contribution in [0.25, 0.3) is 0 Å². The van der Waals surface area contributed by atoms with Gasteiger partial charge in [0, 0.05) is 24.6 Å². The van der Waals surface area contributed by atoms with Crippen molar-refractivity contribution in [2.45, 2.75) is 83.6 Å². The zero-order chi connectivity index (χ0) is 29.7. The normalized spacial score (nSPS) is 29.6. The van der Waals surface area contributed by atoms with E-state index in [1.807, 2.05) is 0 Å². The summed E-state index contributed by atoms with van der Waals surface area (Å²) in [4.78, 5) is 57.3. The highest BCUT2D eigenvalue weighted by Crippen LogP contribution is 2.39. The number of nitrogens with one attached hydrogen (secondary N) is 1. The third-order valence-electron chi connectivity index (χ3n) is 9.22. The summed E-state index contributed by atoms with van der Waals surface area (Å²) in [7, 11) is -4.79. The third-order valence-corrected chi connectivity index (χ3v) is 9.71. The van der Waals surface area contributed by atoms with Crippen molar-refractivity contribution in [3.63, 3.8) is 0 Å². The van der Waals surface area contributed by atoms with Gasteiger partial charge in [0.05, 0.1) is 19.7 Å². The lowest BCUT2D eigenvalue weighted by Gasteiger charge is -2.55. The Kier molecular flexibility index (Phi) is 10.7. The maximum atomic E-state index is 12.8. The van der Waals surface area contributed by atoms with Gasteiger partial charge >= 0.3 is 19.5 Å². The van der Waals surface area contributed by atoms with E-state index < -0.39 is 50.1 Å². The molecular formula is C27H47N4O9P+2. The summed E-state index contributed by atoms with van der Waals surface area (Å²) in [5, 5.41) is 0. The van der Waals surface area contributed by atoms with Crippen LogP contribution in [0, 0.1) is 6.92 Å². The highest BCUT2D eigenvalue weighted by molar-refractivity contribution is 7.46. The Hall–Kier alpha value is -1.86. The van der Waals surface area contributed by atoms with E-state index in [9.17, 15) is 18.9 Å². The van der Waals surface area contributed by atoms with Gasteiger partial charge in [-0.3, -0.25) is 23.7 Å². The van der Waals surface area contributed by atoms with Crippen molar-refractivity contribution >= 4 is 13.8 Å². The summed E-state index contributed by atoms with van der Waals surface area (Å²) < 4.78 is 31.0. The van der Waals surface area contributed by atoms with Crippen LogP contribution in [0.15, 0.2) is 15.8 Å². The average molecular weight is 603 g/mol. The number of unbranched alkanes of at least 4 members (excludes halogenated alkanes) is 4. The molecule has 0 aromatic carbocycles. The summed E-state index contributed by atoms with van der Waals surface area (Å²) in [6.07, 6.45) is 5.77. The number of H-pyrrole nitrogens is 1. The fraction of sp³-hybridized carbons (Fsp3) is 0.815. The zero-order valence-electron chi connectivity index (χ0n) is 24.4. The molecule has 3 N–H and O–H groups in total. The number of piperazine rings is 3. The molecule has 2 bridgehead atoms. The number of hydrogen-bond acceptors (Lipinski definition) is 7. The SMILES string of the molecule is CCCCCC[N+]12CC[N+](CCCCC(=O)O[C@H]3C[C@H](n4cc(C)c(=O)[nH]c4=O)O[C@@H]3COP(=O)(O)O)(CC1)CC2. The van der Waals surface area contributed by atoms with Gasteiger partial charge in [0.15, 0.2) is 0 Å². The van der Waals surface area contributed by atoms with E-state index in [1.165, 1.54) is 86.7 Å². The zero-order valence-corrected chi connectivity index (χ0v) is 25.3. The number of ether oxygens (including phenoxy) is 2. The smallest absolute Gasteiger partial charge is 0.459 e. The van der Waals surface area contributed by atoms with Gasteiger partial charge in [-0.25, -0.2) is 9.36 Å². The summed E-state index contributed by atoms with van der Waals surface area (Å²) in [6.45, 7) is 13.1. The van der Waals surface area contributed by atoms with E-state index >= 15 is 0 Å². The monoisotopic (exact) mass is 602 g/mol. The van der Waals surface area contributed by atoms with Crippen LogP contribution in [0.2, 0.25) is 0 Å². The van der Waals surface area contributed by atoms with Gasteiger partial charge in [-0.1, -0.05) is 19.8 Å². The standard InChI is InChI=1S/C27H45N4O9P/c1-3-4-5-7-10-30-12-15-31(16-13-30,17-14-30)11-8-6-9-25(32)40-22-18-24(39-23(22)20-38-41(35,36)37)29-19-21(2)26(33)28-27(29)34/h19,22-24H,3-18,20H2,1-2H3,(H-2,28,33,34,35,36,37)/p+2/t22-,23+,24+,30?,31?/m0/s1. The Morgan fingerprint density at radius 2 is 1.66 bits per heavy atom. The number of fused-ring (bicyclic) bond motifs is 3. The molecule has 1 aromatic rings. The topological polar surface area (TPSA) is 157 Å². The molecule has 4 saturated heterocycles. The Morgan fingerprint density at radius 1 is 1.05 bits per heavy atom. The second kappa shape index (κ2) is 13.6. The fourth-order valence-corrected chi connectivity index (χ4v) is 6.89. The summed E-state index contributed by atoms with van der Waals surface area (Å²) in [6, 6.07) is 0. The van der Waals surface area contributed by atoms with Crippen LogP contribution in [0.1, 0.15) is 70.1 Å². The average Bonchev–Trinajstić information content (AvgIpc) is 3.33. The van der Waals surface area contributed by atoms with E-state index in [2.05, 4.69) is 16.4 Å². The number of aryl methyl sites for hydroxylation is 1. The minimum absolute atomic E-state index is 0.0742. The number of carbonyl (C=O) groups is 1. The van der Waals surface area contributed by atoms with Crippen molar-refractivity contribution in [2.24, 2.45) is 0 Å². The second-order valence-corrected chi connectivity index (χ2v) is 13.4. The van der Waals surface area contributed by atoms with Gasteiger partial charge in [0.2, 0.25) is 0 Å². The van der Waals surface area contributed by atoms with Gasteiger partial charge < -0.3 is 28.2 Å². The fourth-order valence-electron chi connectivity index (χ4n) is 6.55. The number of carbonyl (C=O) groups excluding carboxylic acids is 1. The third kappa shape index (κ3) is 8.59. The quantitative estimate of drug-likeness (QED) is 0.117. The second-order valence-electron chi connectivity index (χ2n) is 12.1. The van der Waals surface area contributed by atoms with E-state index in [0.717, 1.165) is 17.4 Å². The summed E-state index contributed by atoms with van der Waals surface area (Å²) in [5.41, 5.74) is -0.918. The van der Waals surface area contributed by atoms with Crippen molar-refractivity contribution in [1.29, 1.82) is 0 Å². The van der Waals surface area contributed by atoms with Crippen molar-refractivity contribution in [3.8, 4) is 0 Å². The van der Waals surface area contributed by atoms with Gasteiger partial charge in [-0.2, -0.15) is 0 Å². The van der Waals surface area contributed by atoms with Gasteiger partial charge in [-0.15, -0.1) is 0 Å². The van der Waals surface area contributed by atoms with E-state index in [-0.39, 0.29) is 12.8 Å². The predicted molar refractivity (Wildman–Crippen MR) is 150 cm³/mol. The number of quaternary nitrogens is 2. The van der Waals surface area contributed by atoms with E-state index in [1.54, 1.807) is 6.92 Å². The number of aromatic nitrogens is 2. The molecule has 0 saturated carbocycles. The van der Waals surface area contributed by atoms with Crippen molar-refractivity contribution < 1.29 is 42.1 Å². The van der Waals surface area contributed by atoms with Gasteiger partial charge in [-0.05, 0) is 32.6 Å². The molecule has 0 amide bonds. The minimum atomic E-state index is -4.79. The van der Waals surface area contributed by atoms with Crippen LogP contribution in [-0.4, -0.2) is 105 Å². The first-order valence-electron chi connectivity index (χ1n) is 15.0. The van der Waals surface area contributed by atoms with Crippen LogP contribution in [-0.2, 0) is 23.4 Å². The van der Waals surface area contributed by atoms with Crippen molar-refractivity contribution in [1.82, 2.24) is 9.55 Å². The molecular weight excluding hydrogens is 555 g/mol. The number of phosphoric ester groups is 1. The number of rotatable bonds is 15. The van der Waals surface area contributed by atoms with Crippen LogP contribution in [0.3, 0.4) is 0 Å². The minimum Gasteiger partial charge on any atom is -0.459 e. The number of esters is 1. The molecule has 0 unspecified atom stereocenters. The van der Waals surface area contributed by atoms with Crippen LogP contribution < -0.4 is 11.2 Å². The highest BCUT2D eigenvalue weighted by Gasteiger charge is 2.48. The van der Waals surface area contributed by atoms with Crippen LogP contribution in [0.4, 0.5) is 0 Å². The number of hydrogen-bond donors (Lipinski definition) is 3. The molecule has 13 nitrogen and oxygen atoms in total. The lowest BCUT2D eigenvalue weighted by Crippen LogP contribution is -2.75. The lowest BCUT2D eigenvalue weighted by molar-refractivity contribution is -1.08. The molecule has 41 heavy (non-hydrogen) atoms. The Labute approximate surface area is 240 Å². The molecule has 0 spiro atoms. The summed E-state index contributed by atoms with van der Waals surface area (Å²) >= 11 is 0. The molecule has 14 heteroatoms. The van der Waals surface area contributed by atoms with Gasteiger partial charge in [0.1, 0.15) is 57.7 Å². The molecule has 3 atom stereocenters. The highest BCUT2D eigenvalue weighted by atomic mass is 31.2. The Balaban J connectivity index is 1.25. The first-order chi connectivity index (χ1) is 19.4. The van der Waals surface area contributed by atoms with Crippen LogP contribution >= 0.6 is 7.82 Å². The molecule has 4 fully saturated rings. The van der Waals surface area contributed by atoms with Gasteiger partial charge in [0.25, 0.3) is 5.56 Å². The largest absolute Gasteiger partial charge is 0.469 e. The maximum Gasteiger partial charge on any atom is 0.469 e. The number of nitrogens with zero attached hydrogens (tertiary/aromatic N) is 3. The lowest BCUT2D eigenvalue weighted by atomic mass is 10.0.